The van der Waals surface area contributed by atoms with Gasteiger partial charge in [-0.15, -0.1) is 5.10 Å². The summed E-state index contributed by atoms with van der Waals surface area (Å²) in [5.74, 6) is -0.941. The van der Waals surface area contributed by atoms with Crippen molar-refractivity contribution in [2.45, 2.75) is 39.1 Å². The number of nitrogens with zero attached hydrogens (tertiary/aromatic N) is 4. The lowest BCUT2D eigenvalue weighted by Crippen LogP contribution is -2.41. The van der Waals surface area contributed by atoms with Gasteiger partial charge in [0.05, 0.1) is 36.2 Å². The fraction of sp³-hybridized carbons (Fsp3) is 0.571. The molecule has 0 unspecified atom stereocenters. The second-order valence-corrected chi connectivity index (χ2v) is 7.79. The lowest BCUT2D eigenvalue weighted by Gasteiger charge is -2.24. The third kappa shape index (κ3) is 9.99. The first-order valence-corrected chi connectivity index (χ1v) is 10.5. The van der Waals surface area contributed by atoms with Crippen LogP contribution in [0.3, 0.4) is 0 Å². The zero-order valence-corrected chi connectivity index (χ0v) is 18.2. The monoisotopic (exact) mass is 434 g/mol. The third-order valence-electron chi connectivity index (χ3n) is 4.61. The molecule has 2 rings (SSSR count). The highest BCUT2D eigenvalue weighted by atomic mass is 16.4. The number of hydrogen-bond acceptors (Lipinski definition) is 8. The Morgan fingerprint density at radius 1 is 1.10 bits per heavy atom. The van der Waals surface area contributed by atoms with E-state index < -0.39 is 12.1 Å². The molecular formula is C21H34N6O4. The molecule has 0 bridgehead atoms. The van der Waals surface area contributed by atoms with Crippen LogP contribution in [0.5, 0.6) is 0 Å². The highest BCUT2D eigenvalue weighted by molar-refractivity contribution is 5.87. The Labute approximate surface area is 182 Å². The van der Waals surface area contributed by atoms with E-state index in [1.807, 2.05) is 6.20 Å². The summed E-state index contributed by atoms with van der Waals surface area (Å²) in [5, 5.41) is 42.8. The predicted molar refractivity (Wildman–Crippen MR) is 117 cm³/mol. The number of carboxylic acid groups (broad SMARTS) is 1. The molecule has 1 heterocycles. The Morgan fingerprint density at radius 3 is 2.39 bits per heavy atom. The van der Waals surface area contributed by atoms with Crippen LogP contribution in [0.25, 0.3) is 0 Å². The minimum Gasteiger partial charge on any atom is -0.478 e. The van der Waals surface area contributed by atoms with Crippen molar-refractivity contribution in [1.82, 2.24) is 30.5 Å². The van der Waals surface area contributed by atoms with Gasteiger partial charge in [-0.05, 0) is 31.5 Å². The molecule has 1 aromatic heterocycles. The Morgan fingerprint density at radius 2 is 1.77 bits per heavy atom. The smallest absolute Gasteiger partial charge is 0.335 e. The second kappa shape index (κ2) is 13.1. The maximum Gasteiger partial charge on any atom is 0.335 e. The molecule has 10 heteroatoms. The molecule has 1 aromatic carbocycles. The number of rotatable bonds is 15. The van der Waals surface area contributed by atoms with Crippen LogP contribution in [0.1, 0.15) is 35.5 Å². The SMILES string of the molecule is C[C@H](O)CNCCN(CCNCc1cn(Cc2ccc(C(=O)O)cc2)nn1)C[C@H](C)O. The molecule has 0 aliphatic heterocycles. The maximum absolute atomic E-state index is 10.9. The van der Waals surface area contributed by atoms with E-state index in [4.69, 9.17) is 5.11 Å². The van der Waals surface area contributed by atoms with Gasteiger partial charge >= 0.3 is 5.97 Å². The minimum atomic E-state index is -0.941. The van der Waals surface area contributed by atoms with Gasteiger partial charge < -0.3 is 26.0 Å². The van der Waals surface area contributed by atoms with Crippen molar-refractivity contribution >= 4 is 5.97 Å². The molecule has 0 fully saturated rings. The topological polar surface area (TPSA) is 136 Å². The van der Waals surface area contributed by atoms with Crippen molar-refractivity contribution in [2.24, 2.45) is 0 Å². The van der Waals surface area contributed by atoms with Gasteiger partial charge in [0.2, 0.25) is 0 Å². The fourth-order valence-corrected chi connectivity index (χ4v) is 3.11. The molecule has 0 amide bonds. The first kappa shape index (κ1) is 24.9. The first-order valence-electron chi connectivity index (χ1n) is 10.5. The van der Waals surface area contributed by atoms with Gasteiger partial charge in [0, 0.05) is 45.8 Å². The number of benzene rings is 1. The molecule has 0 aliphatic rings. The van der Waals surface area contributed by atoms with Crippen molar-refractivity contribution in [2.75, 3.05) is 39.3 Å². The molecule has 172 valence electrons. The molecule has 0 spiro atoms. The Kier molecular flexibility index (Phi) is 10.5. The third-order valence-corrected chi connectivity index (χ3v) is 4.61. The molecule has 31 heavy (non-hydrogen) atoms. The number of aromatic nitrogens is 3. The number of carbonyl (C=O) groups is 1. The van der Waals surface area contributed by atoms with Crippen LogP contribution >= 0.6 is 0 Å². The van der Waals surface area contributed by atoms with Crippen molar-refractivity contribution in [3.8, 4) is 0 Å². The summed E-state index contributed by atoms with van der Waals surface area (Å²) in [6.45, 7) is 8.84. The summed E-state index contributed by atoms with van der Waals surface area (Å²) in [5.41, 5.74) is 2.03. The van der Waals surface area contributed by atoms with Crippen LogP contribution < -0.4 is 10.6 Å². The van der Waals surface area contributed by atoms with Crippen molar-refractivity contribution in [3.63, 3.8) is 0 Å². The van der Waals surface area contributed by atoms with Crippen LogP contribution in [0, 0.1) is 0 Å². The molecule has 0 saturated heterocycles. The summed E-state index contributed by atoms with van der Waals surface area (Å²) in [7, 11) is 0. The lowest BCUT2D eigenvalue weighted by atomic mass is 10.1. The first-order chi connectivity index (χ1) is 14.8. The van der Waals surface area contributed by atoms with E-state index in [0.717, 1.165) is 37.4 Å². The van der Waals surface area contributed by atoms with Crippen molar-refractivity contribution < 1.29 is 20.1 Å². The summed E-state index contributed by atoms with van der Waals surface area (Å²) < 4.78 is 1.72. The van der Waals surface area contributed by atoms with Gasteiger partial charge in [-0.3, -0.25) is 4.90 Å². The van der Waals surface area contributed by atoms with Gasteiger partial charge in [0.25, 0.3) is 0 Å². The minimum absolute atomic E-state index is 0.260. The van der Waals surface area contributed by atoms with Gasteiger partial charge in [-0.25, -0.2) is 9.48 Å². The van der Waals surface area contributed by atoms with Crippen molar-refractivity contribution in [3.05, 3.63) is 47.3 Å². The van der Waals surface area contributed by atoms with E-state index in [0.29, 0.717) is 26.2 Å². The van der Waals surface area contributed by atoms with Gasteiger partial charge in [-0.1, -0.05) is 17.3 Å². The number of carboxylic acids is 1. The predicted octanol–water partition coefficient (Wildman–Crippen LogP) is -0.233. The fourth-order valence-electron chi connectivity index (χ4n) is 3.11. The van der Waals surface area contributed by atoms with Gasteiger partial charge in [0.1, 0.15) is 0 Å². The molecule has 10 nitrogen and oxygen atoms in total. The largest absolute Gasteiger partial charge is 0.478 e. The average molecular weight is 435 g/mol. The van der Waals surface area contributed by atoms with E-state index in [1.165, 1.54) is 0 Å². The van der Waals surface area contributed by atoms with Gasteiger partial charge in [0.15, 0.2) is 0 Å². The zero-order chi connectivity index (χ0) is 22.6. The summed E-state index contributed by atoms with van der Waals surface area (Å²) >= 11 is 0. The standard InChI is InChI=1S/C21H34N6O4/c1-16(28)11-22-7-9-26(13-17(2)29)10-8-23-12-20-15-27(25-24-20)14-18-3-5-19(6-4-18)21(30)31/h3-6,15-17,22-23,28-29H,7-14H2,1-2H3,(H,30,31)/t16-,17-/m0/s1. The lowest BCUT2D eigenvalue weighted by molar-refractivity contribution is 0.0697. The molecule has 2 atom stereocenters. The van der Waals surface area contributed by atoms with Crippen LogP contribution in [-0.2, 0) is 13.1 Å². The number of nitrogens with one attached hydrogen (secondary N) is 2. The summed E-state index contributed by atoms with van der Waals surface area (Å²) in [6, 6.07) is 6.71. The van der Waals surface area contributed by atoms with Crippen LogP contribution in [0.15, 0.2) is 30.5 Å². The van der Waals surface area contributed by atoms with Crippen LogP contribution in [-0.4, -0.2) is 92.7 Å². The highest BCUT2D eigenvalue weighted by Crippen LogP contribution is 2.06. The molecule has 0 saturated carbocycles. The normalized spacial score (nSPS) is 13.5. The zero-order valence-electron chi connectivity index (χ0n) is 18.2. The number of aromatic carboxylic acids is 1. The van der Waals surface area contributed by atoms with Gasteiger partial charge in [-0.2, -0.15) is 0 Å². The number of aliphatic hydroxyl groups excluding tert-OH is 2. The molecule has 5 N–H and O–H groups in total. The van der Waals surface area contributed by atoms with E-state index >= 15 is 0 Å². The van der Waals surface area contributed by atoms with Crippen LogP contribution in [0.2, 0.25) is 0 Å². The van der Waals surface area contributed by atoms with E-state index in [9.17, 15) is 15.0 Å². The summed E-state index contributed by atoms with van der Waals surface area (Å²) in [4.78, 5) is 13.1. The van der Waals surface area contributed by atoms with E-state index in [1.54, 1.807) is 42.8 Å². The van der Waals surface area contributed by atoms with Crippen LogP contribution in [0.4, 0.5) is 0 Å². The average Bonchev–Trinajstić information content (AvgIpc) is 3.15. The number of aliphatic hydroxyl groups is 2. The van der Waals surface area contributed by atoms with Crippen molar-refractivity contribution in [1.29, 1.82) is 0 Å². The Bertz CT molecular complexity index is 778. The maximum atomic E-state index is 10.9. The quantitative estimate of drug-likeness (QED) is 0.241. The Hall–Kier alpha value is -2.37. The second-order valence-electron chi connectivity index (χ2n) is 7.79. The van der Waals surface area contributed by atoms with E-state index in [-0.39, 0.29) is 11.7 Å². The van der Waals surface area contributed by atoms with E-state index in [2.05, 4.69) is 25.8 Å². The molecule has 0 radical (unpaired) electrons. The Balaban J connectivity index is 1.72. The molecule has 2 aromatic rings. The summed E-state index contributed by atoms with van der Waals surface area (Å²) in [6.07, 6.45) is 1.09. The highest BCUT2D eigenvalue weighted by Gasteiger charge is 2.09. The molecule has 0 aliphatic carbocycles. The number of hydrogen-bond donors (Lipinski definition) is 5. The molecular weight excluding hydrogens is 400 g/mol.